The molecule has 17 heavy (non-hydrogen) atoms. The molecular weight excluding hydrogens is 224 g/mol. The summed E-state index contributed by atoms with van der Waals surface area (Å²) in [4.78, 5) is 10.6. The van der Waals surface area contributed by atoms with Gasteiger partial charge in [-0.1, -0.05) is 30.3 Å². The van der Waals surface area contributed by atoms with Crippen molar-refractivity contribution in [2.45, 2.75) is 19.0 Å². The van der Waals surface area contributed by atoms with E-state index >= 15 is 0 Å². The first-order chi connectivity index (χ1) is 8.25. The molecule has 0 saturated carbocycles. The standard InChI is InChI=1S/C12H14O5/c13-12(14)10-7-16-11(17-10)8-15-6-9-4-2-1-3-5-9/h1-5,10-11H,6-8H2,(H,13,14)/t10?,11-/m0/s1. The Morgan fingerprint density at radius 1 is 1.41 bits per heavy atom. The molecule has 0 aromatic heterocycles. The molecule has 1 aromatic rings. The summed E-state index contributed by atoms with van der Waals surface area (Å²) in [5.41, 5.74) is 1.06. The number of carbonyl (C=O) groups is 1. The summed E-state index contributed by atoms with van der Waals surface area (Å²) in [6, 6.07) is 9.71. The molecule has 0 aliphatic carbocycles. The molecule has 5 nitrogen and oxygen atoms in total. The van der Waals surface area contributed by atoms with Crippen molar-refractivity contribution < 1.29 is 24.1 Å². The van der Waals surface area contributed by atoms with E-state index in [9.17, 15) is 4.79 Å². The number of hydrogen-bond donors (Lipinski definition) is 1. The molecule has 1 saturated heterocycles. The van der Waals surface area contributed by atoms with Gasteiger partial charge in [0.05, 0.1) is 19.8 Å². The number of aliphatic carboxylic acids is 1. The van der Waals surface area contributed by atoms with E-state index in [-0.39, 0.29) is 13.2 Å². The molecule has 1 aliphatic heterocycles. The minimum atomic E-state index is -1.00. The zero-order valence-corrected chi connectivity index (χ0v) is 9.24. The molecule has 1 unspecified atom stereocenters. The van der Waals surface area contributed by atoms with Gasteiger partial charge in [-0.2, -0.15) is 0 Å². The predicted octanol–water partition coefficient (Wildman–Crippen LogP) is 1.03. The number of carboxylic acid groups (broad SMARTS) is 1. The molecular formula is C12H14O5. The lowest BCUT2D eigenvalue weighted by Gasteiger charge is -2.10. The van der Waals surface area contributed by atoms with Crippen molar-refractivity contribution in [2.24, 2.45) is 0 Å². The van der Waals surface area contributed by atoms with Gasteiger partial charge >= 0.3 is 5.97 Å². The SMILES string of the molecule is O=C(O)C1CO[C@H](COCc2ccccc2)O1. The molecule has 2 rings (SSSR count). The topological polar surface area (TPSA) is 65.0 Å². The van der Waals surface area contributed by atoms with E-state index in [0.717, 1.165) is 5.56 Å². The minimum absolute atomic E-state index is 0.0781. The molecule has 2 atom stereocenters. The van der Waals surface area contributed by atoms with Crippen molar-refractivity contribution in [2.75, 3.05) is 13.2 Å². The first kappa shape index (κ1) is 12.0. The molecule has 1 heterocycles. The Balaban J connectivity index is 1.68. The van der Waals surface area contributed by atoms with Crippen LogP contribution in [0.5, 0.6) is 0 Å². The van der Waals surface area contributed by atoms with E-state index in [0.29, 0.717) is 6.61 Å². The third-order valence-electron chi connectivity index (χ3n) is 2.39. The lowest BCUT2D eigenvalue weighted by molar-refractivity contribution is -0.154. The fourth-order valence-electron chi connectivity index (χ4n) is 1.52. The van der Waals surface area contributed by atoms with Gasteiger partial charge in [0.25, 0.3) is 0 Å². The van der Waals surface area contributed by atoms with Gasteiger partial charge in [-0.3, -0.25) is 0 Å². The summed E-state index contributed by atoms with van der Waals surface area (Å²) in [5.74, 6) is -1.00. The Kier molecular flexibility index (Phi) is 4.08. The first-order valence-electron chi connectivity index (χ1n) is 5.37. The molecule has 0 spiro atoms. The van der Waals surface area contributed by atoms with Crippen LogP contribution in [0.2, 0.25) is 0 Å². The van der Waals surface area contributed by atoms with Crippen LogP contribution in [0.1, 0.15) is 5.56 Å². The summed E-state index contributed by atoms with van der Waals surface area (Å²) in [6.07, 6.45) is -1.46. The summed E-state index contributed by atoms with van der Waals surface area (Å²) >= 11 is 0. The quantitative estimate of drug-likeness (QED) is 0.830. The summed E-state index contributed by atoms with van der Waals surface area (Å²) < 4.78 is 15.6. The van der Waals surface area contributed by atoms with Gasteiger partial charge in [-0.25, -0.2) is 4.79 Å². The molecule has 0 bridgehead atoms. The molecule has 1 N–H and O–H groups in total. The highest BCUT2D eigenvalue weighted by Crippen LogP contribution is 2.12. The second-order valence-electron chi connectivity index (χ2n) is 3.73. The molecule has 1 fully saturated rings. The van der Waals surface area contributed by atoms with Crippen molar-refractivity contribution in [3.8, 4) is 0 Å². The Morgan fingerprint density at radius 3 is 2.82 bits per heavy atom. The van der Waals surface area contributed by atoms with E-state index in [4.69, 9.17) is 19.3 Å². The molecule has 1 aromatic carbocycles. The van der Waals surface area contributed by atoms with Crippen LogP contribution >= 0.6 is 0 Å². The van der Waals surface area contributed by atoms with Crippen molar-refractivity contribution >= 4 is 5.97 Å². The predicted molar refractivity (Wildman–Crippen MR) is 58.3 cm³/mol. The highest BCUT2D eigenvalue weighted by molar-refractivity contribution is 5.72. The Bertz CT molecular complexity index is 364. The smallest absolute Gasteiger partial charge is 0.335 e. The fraction of sp³-hybridized carbons (Fsp3) is 0.417. The van der Waals surface area contributed by atoms with E-state index in [1.165, 1.54) is 0 Å². The molecule has 1 aliphatic rings. The van der Waals surface area contributed by atoms with Gasteiger partial charge in [-0.15, -0.1) is 0 Å². The number of carboxylic acids is 1. The third-order valence-corrected chi connectivity index (χ3v) is 2.39. The monoisotopic (exact) mass is 238 g/mol. The van der Waals surface area contributed by atoms with E-state index in [1.807, 2.05) is 30.3 Å². The zero-order valence-electron chi connectivity index (χ0n) is 9.24. The van der Waals surface area contributed by atoms with Crippen LogP contribution in [0, 0.1) is 0 Å². The van der Waals surface area contributed by atoms with Crippen molar-refractivity contribution in [1.82, 2.24) is 0 Å². The molecule has 5 heteroatoms. The summed E-state index contributed by atoms with van der Waals surface area (Å²) in [5, 5.41) is 8.69. The number of ether oxygens (including phenoxy) is 3. The van der Waals surface area contributed by atoms with Gasteiger partial charge in [0.2, 0.25) is 0 Å². The normalized spacial score (nSPS) is 23.8. The van der Waals surface area contributed by atoms with Crippen LogP contribution in [0.4, 0.5) is 0 Å². The van der Waals surface area contributed by atoms with Gasteiger partial charge in [0.1, 0.15) is 0 Å². The summed E-state index contributed by atoms with van der Waals surface area (Å²) in [7, 11) is 0. The fourth-order valence-corrected chi connectivity index (χ4v) is 1.52. The Labute approximate surface area is 98.9 Å². The zero-order chi connectivity index (χ0) is 12.1. The molecule has 92 valence electrons. The highest BCUT2D eigenvalue weighted by Gasteiger charge is 2.31. The van der Waals surface area contributed by atoms with Crippen LogP contribution in [-0.2, 0) is 25.6 Å². The van der Waals surface area contributed by atoms with Gasteiger partial charge in [-0.05, 0) is 5.56 Å². The maximum absolute atomic E-state index is 10.6. The van der Waals surface area contributed by atoms with E-state index in [1.54, 1.807) is 0 Å². The third kappa shape index (κ3) is 3.52. The van der Waals surface area contributed by atoms with Gasteiger partial charge in [0.15, 0.2) is 12.4 Å². The maximum Gasteiger partial charge on any atom is 0.335 e. The number of rotatable bonds is 5. The van der Waals surface area contributed by atoms with Crippen molar-refractivity contribution in [3.05, 3.63) is 35.9 Å². The Morgan fingerprint density at radius 2 is 2.18 bits per heavy atom. The second kappa shape index (κ2) is 5.77. The van der Waals surface area contributed by atoms with Gasteiger partial charge < -0.3 is 19.3 Å². The number of benzene rings is 1. The van der Waals surface area contributed by atoms with Crippen LogP contribution in [0.3, 0.4) is 0 Å². The van der Waals surface area contributed by atoms with E-state index in [2.05, 4.69) is 0 Å². The molecule has 0 amide bonds. The largest absolute Gasteiger partial charge is 0.479 e. The van der Waals surface area contributed by atoms with E-state index < -0.39 is 18.4 Å². The average Bonchev–Trinajstić information content (AvgIpc) is 2.79. The lowest BCUT2D eigenvalue weighted by atomic mass is 10.2. The Hall–Kier alpha value is -1.43. The van der Waals surface area contributed by atoms with Gasteiger partial charge in [0, 0.05) is 0 Å². The second-order valence-corrected chi connectivity index (χ2v) is 3.73. The molecule has 0 radical (unpaired) electrons. The van der Waals surface area contributed by atoms with Crippen molar-refractivity contribution in [3.63, 3.8) is 0 Å². The van der Waals surface area contributed by atoms with Crippen LogP contribution in [0.15, 0.2) is 30.3 Å². The summed E-state index contributed by atoms with van der Waals surface area (Å²) in [6.45, 7) is 0.773. The maximum atomic E-state index is 10.6. The highest BCUT2D eigenvalue weighted by atomic mass is 16.7. The van der Waals surface area contributed by atoms with Crippen LogP contribution in [0.25, 0.3) is 0 Å². The minimum Gasteiger partial charge on any atom is -0.479 e. The van der Waals surface area contributed by atoms with Crippen molar-refractivity contribution in [1.29, 1.82) is 0 Å². The first-order valence-corrected chi connectivity index (χ1v) is 5.37. The lowest BCUT2D eigenvalue weighted by Crippen LogP contribution is -2.24. The average molecular weight is 238 g/mol. The van der Waals surface area contributed by atoms with Crippen LogP contribution in [-0.4, -0.2) is 36.7 Å². The number of hydrogen-bond acceptors (Lipinski definition) is 4. The van der Waals surface area contributed by atoms with Crippen LogP contribution < -0.4 is 0 Å².